The summed E-state index contributed by atoms with van der Waals surface area (Å²) < 4.78 is 28.6. The molecule has 1 aromatic heterocycles. The smallest absolute Gasteiger partial charge is 0.264 e. The molecule has 0 atom stereocenters. The summed E-state index contributed by atoms with van der Waals surface area (Å²) in [5.41, 5.74) is 3.75. The molecule has 2 amide bonds. The molecule has 2 aliphatic heterocycles. The third-order valence-electron chi connectivity index (χ3n) is 8.16. The predicted octanol–water partition coefficient (Wildman–Crippen LogP) is 6.17. The van der Waals surface area contributed by atoms with Gasteiger partial charge in [-0.2, -0.15) is 0 Å². The Balaban J connectivity index is 1.40. The lowest BCUT2D eigenvalue weighted by Crippen LogP contribution is -2.35. The van der Waals surface area contributed by atoms with Crippen LogP contribution in [0.15, 0.2) is 53.4 Å². The molecule has 0 unspecified atom stereocenters. The van der Waals surface area contributed by atoms with Crippen molar-refractivity contribution in [3.05, 3.63) is 75.7 Å². The summed E-state index contributed by atoms with van der Waals surface area (Å²) in [5.74, 6) is -0.383. The van der Waals surface area contributed by atoms with Gasteiger partial charge >= 0.3 is 0 Å². The average Bonchev–Trinajstić information content (AvgIpc) is 3.37. The molecule has 0 bridgehead atoms. The maximum atomic E-state index is 13.9. The number of carbonyl (C=O) groups is 2. The van der Waals surface area contributed by atoms with Gasteiger partial charge in [-0.25, -0.2) is 8.42 Å². The van der Waals surface area contributed by atoms with Crippen LogP contribution in [0.4, 0.5) is 10.7 Å². The summed E-state index contributed by atoms with van der Waals surface area (Å²) in [6.45, 7) is 10.7. The molecule has 5 rings (SSSR count). The van der Waals surface area contributed by atoms with Crippen molar-refractivity contribution in [3.8, 4) is 0 Å². The molecular formula is C33H42N4O4S2. The van der Waals surface area contributed by atoms with Crippen LogP contribution in [0, 0.1) is 0 Å². The highest BCUT2D eigenvalue weighted by molar-refractivity contribution is 7.92. The number of anilines is 2. The Morgan fingerprint density at radius 2 is 1.65 bits per heavy atom. The van der Waals surface area contributed by atoms with Crippen LogP contribution in [0.3, 0.4) is 0 Å². The number of para-hydroxylation sites is 1. The van der Waals surface area contributed by atoms with Crippen molar-refractivity contribution in [1.82, 2.24) is 9.80 Å². The van der Waals surface area contributed by atoms with Crippen molar-refractivity contribution in [2.75, 3.05) is 42.3 Å². The lowest BCUT2D eigenvalue weighted by atomic mass is 10.0. The number of rotatable bonds is 11. The molecule has 8 nitrogen and oxygen atoms in total. The number of sulfonamides is 1. The number of fused-ring (bicyclic) bond motifs is 2. The Labute approximate surface area is 259 Å². The van der Waals surface area contributed by atoms with Crippen LogP contribution >= 0.6 is 11.3 Å². The number of hydrogen-bond acceptors (Lipinski definition) is 6. The SMILES string of the molecule is CCCN1CCc2c(sc(NC(=O)c3ccc(S(=O)(=O)N4CCCc5ccccc54)cc3)c2C(=O)N(CCC)CCC)C1. The highest BCUT2D eigenvalue weighted by Gasteiger charge is 2.32. The summed E-state index contributed by atoms with van der Waals surface area (Å²) in [7, 11) is -3.78. The Bertz CT molecular complexity index is 1560. The molecular weight excluding hydrogens is 581 g/mol. The number of amides is 2. The van der Waals surface area contributed by atoms with E-state index >= 15 is 0 Å². The van der Waals surface area contributed by atoms with Gasteiger partial charge < -0.3 is 10.2 Å². The van der Waals surface area contributed by atoms with Crippen molar-refractivity contribution in [2.24, 2.45) is 0 Å². The maximum Gasteiger partial charge on any atom is 0.264 e. The van der Waals surface area contributed by atoms with Crippen molar-refractivity contribution < 1.29 is 18.0 Å². The Kier molecular flexibility index (Phi) is 9.88. The van der Waals surface area contributed by atoms with Crippen LogP contribution in [-0.2, 0) is 29.4 Å². The topological polar surface area (TPSA) is 90.0 Å². The van der Waals surface area contributed by atoms with Gasteiger partial charge in [0, 0.05) is 43.2 Å². The molecule has 3 aromatic rings. The van der Waals surface area contributed by atoms with E-state index in [2.05, 4.69) is 31.0 Å². The van der Waals surface area contributed by atoms with Gasteiger partial charge in [-0.3, -0.25) is 18.8 Å². The molecule has 0 spiro atoms. The van der Waals surface area contributed by atoms with Crippen LogP contribution in [0.1, 0.15) is 83.2 Å². The van der Waals surface area contributed by atoms with Crippen molar-refractivity contribution in [3.63, 3.8) is 0 Å². The first-order valence-electron chi connectivity index (χ1n) is 15.5. The third-order valence-corrected chi connectivity index (χ3v) is 11.1. The van der Waals surface area contributed by atoms with Gasteiger partial charge in [0.25, 0.3) is 21.8 Å². The second-order valence-electron chi connectivity index (χ2n) is 11.3. The molecule has 0 saturated carbocycles. The summed E-state index contributed by atoms with van der Waals surface area (Å²) in [6.07, 6.45) is 5.18. The zero-order chi connectivity index (χ0) is 30.6. The summed E-state index contributed by atoms with van der Waals surface area (Å²) in [5, 5.41) is 3.62. The summed E-state index contributed by atoms with van der Waals surface area (Å²) in [4.78, 5) is 33.0. The largest absolute Gasteiger partial charge is 0.339 e. The van der Waals surface area contributed by atoms with Crippen LogP contribution in [0.5, 0.6) is 0 Å². The number of thiophene rings is 1. The van der Waals surface area contributed by atoms with Gasteiger partial charge in [-0.15, -0.1) is 11.3 Å². The normalized spacial score (nSPS) is 15.1. The third kappa shape index (κ3) is 6.51. The van der Waals surface area contributed by atoms with Gasteiger partial charge in [-0.1, -0.05) is 39.0 Å². The van der Waals surface area contributed by atoms with E-state index in [1.54, 1.807) is 12.1 Å². The Morgan fingerprint density at radius 1 is 0.930 bits per heavy atom. The minimum absolute atomic E-state index is 0.0244. The van der Waals surface area contributed by atoms with Crippen LogP contribution in [0.2, 0.25) is 0 Å². The second kappa shape index (κ2) is 13.6. The lowest BCUT2D eigenvalue weighted by molar-refractivity contribution is 0.0755. The van der Waals surface area contributed by atoms with Gasteiger partial charge in [-0.05, 0) is 86.5 Å². The number of carbonyl (C=O) groups excluding carboxylic acids is 2. The van der Waals surface area contributed by atoms with Crippen LogP contribution in [0.25, 0.3) is 0 Å². The molecule has 0 aliphatic carbocycles. The molecule has 0 fully saturated rings. The predicted molar refractivity (Wildman–Crippen MR) is 174 cm³/mol. The number of benzene rings is 2. The zero-order valence-corrected chi connectivity index (χ0v) is 27.0. The molecule has 0 radical (unpaired) electrons. The average molecular weight is 623 g/mol. The minimum Gasteiger partial charge on any atom is -0.339 e. The standard InChI is InChI=1S/C33H42N4O4S2/c1-4-18-35-22-17-27-29(23-35)42-32(30(27)33(39)36(19-5-2)20-6-3)34-31(38)25-13-15-26(16-14-25)43(40,41)37-21-9-11-24-10-7-8-12-28(24)37/h7-8,10,12-16H,4-6,9,11,17-23H2,1-3H3,(H,34,38). The van der Waals surface area contributed by atoms with Crippen molar-refractivity contribution >= 4 is 43.9 Å². The van der Waals surface area contributed by atoms with E-state index in [0.717, 1.165) is 74.2 Å². The molecule has 0 saturated heterocycles. The molecule has 43 heavy (non-hydrogen) atoms. The quantitative estimate of drug-likeness (QED) is 0.276. The van der Waals surface area contributed by atoms with E-state index < -0.39 is 10.0 Å². The van der Waals surface area contributed by atoms with Gasteiger partial charge in [0.1, 0.15) is 5.00 Å². The highest BCUT2D eigenvalue weighted by Crippen LogP contribution is 2.38. The van der Waals surface area contributed by atoms with Crippen molar-refractivity contribution in [2.45, 2.75) is 70.7 Å². The number of aryl methyl sites for hydroxylation is 1. The minimum atomic E-state index is -3.78. The molecule has 10 heteroatoms. The molecule has 2 aromatic carbocycles. The lowest BCUT2D eigenvalue weighted by Gasteiger charge is -2.30. The Morgan fingerprint density at radius 3 is 2.35 bits per heavy atom. The van der Waals surface area contributed by atoms with E-state index in [9.17, 15) is 18.0 Å². The molecule has 1 N–H and O–H groups in total. The van der Waals surface area contributed by atoms with E-state index in [1.165, 1.54) is 27.8 Å². The van der Waals surface area contributed by atoms with Crippen molar-refractivity contribution in [1.29, 1.82) is 0 Å². The fourth-order valence-electron chi connectivity index (χ4n) is 6.12. The van der Waals surface area contributed by atoms with E-state index in [0.29, 0.717) is 41.4 Å². The van der Waals surface area contributed by atoms with Crippen LogP contribution in [-0.4, -0.2) is 62.8 Å². The first kappa shape index (κ1) is 31.2. The first-order chi connectivity index (χ1) is 20.8. The number of nitrogens with zero attached hydrogens (tertiary/aromatic N) is 3. The van der Waals surface area contributed by atoms with Gasteiger partial charge in [0.05, 0.1) is 16.1 Å². The fraction of sp³-hybridized carbons (Fsp3) is 0.455. The van der Waals surface area contributed by atoms with Gasteiger partial charge in [0.2, 0.25) is 0 Å². The van der Waals surface area contributed by atoms with E-state index in [-0.39, 0.29) is 16.7 Å². The monoisotopic (exact) mass is 622 g/mol. The van der Waals surface area contributed by atoms with E-state index in [1.807, 2.05) is 29.2 Å². The summed E-state index contributed by atoms with van der Waals surface area (Å²) >= 11 is 1.49. The van der Waals surface area contributed by atoms with E-state index in [4.69, 9.17) is 0 Å². The zero-order valence-electron chi connectivity index (χ0n) is 25.4. The Hall–Kier alpha value is -3.21. The summed E-state index contributed by atoms with van der Waals surface area (Å²) in [6, 6.07) is 13.7. The molecule has 3 heterocycles. The van der Waals surface area contributed by atoms with Crippen LogP contribution < -0.4 is 9.62 Å². The highest BCUT2D eigenvalue weighted by atomic mass is 32.2. The molecule has 230 valence electrons. The number of nitrogens with one attached hydrogen (secondary N) is 1. The first-order valence-corrected chi connectivity index (χ1v) is 17.7. The maximum absolute atomic E-state index is 13.9. The number of hydrogen-bond donors (Lipinski definition) is 1. The fourth-order valence-corrected chi connectivity index (χ4v) is 8.94. The van der Waals surface area contributed by atoms with Gasteiger partial charge in [0.15, 0.2) is 0 Å². The second-order valence-corrected chi connectivity index (χ2v) is 14.3. The molecule has 2 aliphatic rings.